The minimum atomic E-state index is -0.105. The van der Waals surface area contributed by atoms with Gasteiger partial charge in [0.15, 0.2) is 10.8 Å². The topological polar surface area (TPSA) is 71.7 Å². The molecule has 0 radical (unpaired) electrons. The highest BCUT2D eigenvalue weighted by Gasteiger charge is 2.26. The Morgan fingerprint density at radius 3 is 2.77 bits per heavy atom. The summed E-state index contributed by atoms with van der Waals surface area (Å²) in [6, 6.07) is 3.49. The highest BCUT2D eigenvalue weighted by Crippen LogP contribution is 2.29. The predicted octanol–water partition coefficient (Wildman–Crippen LogP) is 2.85. The largest absolute Gasteiger partial charge is 0.494 e. The van der Waals surface area contributed by atoms with Crippen LogP contribution in [0.25, 0.3) is 11.0 Å². The molecule has 0 atom stereocenters. The number of piperazine rings is 1. The first-order valence-electron chi connectivity index (χ1n) is 8.22. The van der Waals surface area contributed by atoms with Gasteiger partial charge in [-0.25, -0.2) is 0 Å². The standard InChI is InChI=1S/C18H17ClN4O3/c1-25-15-2-3-20-11-14(15)22-4-6-23(7-5-22)18(24)13-10-21-9-12-8-16(19)26-17(12)13/h2-3,8-11H,4-7H2,1H3. The molecule has 134 valence electrons. The fourth-order valence-corrected chi connectivity index (χ4v) is 3.38. The zero-order valence-electron chi connectivity index (χ0n) is 14.2. The second-order valence-electron chi connectivity index (χ2n) is 5.98. The number of fused-ring (bicyclic) bond motifs is 1. The molecule has 26 heavy (non-hydrogen) atoms. The number of pyridine rings is 2. The molecule has 0 spiro atoms. The number of aromatic nitrogens is 2. The smallest absolute Gasteiger partial charge is 0.259 e. The summed E-state index contributed by atoms with van der Waals surface area (Å²) >= 11 is 5.92. The van der Waals surface area contributed by atoms with Crippen LogP contribution in [0.1, 0.15) is 10.4 Å². The van der Waals surface area contributed by atoms with Crippen molar-refractivity contribution >= 4 is 34.2 Å². The maximum atomic E-state index is 12.9. The Morgan fingerprint density at radius 1 is 1.19 bits per heavy atom. The molecule has 0 aromatic carbocycles. The van der Waals surface area contributed by atoms with Crippen LogP contribution in [0.15, 0.2) is 41.3 Å². The van der Waals surface area contributed by atoms with Crippen LogP contribution in [-0.2, 0) is 0 Å². The van der Waals surface area contributed by atoms with E-state index in [9.17, 15) is 4.79 Å². The van der Waals surface area contributed by atoms with Crippen molar-refractivity contribution in [3.8, 4) is 5.75 Å². The fourth-order valence-electron chi connectivity index (χ4n) is 3.19. The minimum absolute atomic E-state index is 0.105. The molecule has 0 unspecified atom stereocenters. The first-order valence-corrected chi connectivity index (χ1v) is 8.60. The van der Waals surface area contributed by atoms with E-state index in [-0.39, 0.29) is 11.1 Å². The van der Waals surface area contributed by atoms with Crippen LogP contribution in [-0.4, -0.2) is 54.1 Å². The van der Waals surface area contributed by atoms with Crippen molar-refractivity contribution in [1.29, 1.82) is 0 Å². The summed E-state index contributed by atoms with van der Waals surface area (Å²) in [6.45, 7) is 2.55. The number of furan rings is 1. The van der Waals surface area contributed by atoms with Crippen molar-refractivity contribution in [2.24, 2.45) is 0 Å². The lowest BCUT2D eigenvalue weighted by Crippen LogP contribution is -2.49. The third kappa shape index (κ3) is 2.94. The Morgan fingerprint density at radius 2 is 2.00 bits per heavy atom. The zero-order chi connectivity index (χ0) is 18.1. The van der Waals surface area contributed by atoms with Gasteiger partial charge in [-0.3, -0.25) is 14.8 Å². The van der Waals surface area contributed by atoms with Gasteiger partial charge in [0.05, 0.1) is 19.0 Å². The van der Waals surface area contributed by atoms with E-state index in [1.54, 1.807) is 36.7 Å². The van der Waals surface area contributed by atoms with Gasteiger partial charge >= 0.3 is 0 Å². The summed E-state index contributed by atoms with van der Waals surface area (Å²) < 4.78 is 10.9. The normalized spacial score (nSPS) is 14.7. The molecule has 1 aliphatic heterocycles. The Hall–Kier alpha value is -2.80. The number of anilines is 1. The molecule has 4 heterocycles. The number of ether oxygens (including phenoxy) is 1. The van der Waals surface area contributed by atoms with Gasteiger partial charge in [0, 0.05) is 62.3 Å². The lowest BCUT2D eigenvalue weighted by Gasteiger charge is -2.36. The first-order chi connectivity index (χ1) is 12.7. The van der Waals surface area contributed by atoms with Crippen LogP contribution in [0.3, 0.4) is 0 Å². The summed E-state index contributed by atoms with van der Waals surface area (Å²) in [7, 11) is 1.64. The van der Waals surface area contributed by atoms with Gasteiger partial charge in [-0.15, -0.1) is 0 Å². The van der Waals surface area contributed by atoms with E-state index in [4.69, 9.17) is 20.8 Å². The monoisotopic (exact) mass is 372 g/mol. The van der Waals surface area contributed by atoms with E-state index < -0.39 is 0 Å². The molecule has 1 amide bonds. The molecule has 7 nitrogen and oxygen atoms in total. The van der Waals surface area contributed by atoms with Gasteiger partial charge in [0.25, 0.3) is 5.91 Å². The Labute approximate surface area is 155 Å². The zero-order valence-corrected chi connectivity index (χ0v) is 14.9. The van der Waals surface area contributed by atoms with E-state index >= 15 is 0 Å². The van der Waals surface area contributed by atoms with Crippen molar-refractivity contribution in [1.82, 2.24) is 14.9 Å². The van der Waals surface area contributed by atoms with Crippen molar-refractivity contribution in [3.05, 3.63) is 47.7 Å². The third-order valence-corrected chi connectivity index (χ3v) is 4.70. The Kier molecular flexibility index (Phi) is 4.38. The molecule has 0 aliphatic carbocycles. The van der Waals surface area contributed by atoms with Gasteiger partial charge < -0.3 is 19.0 Å². The molecule has 8 heteroatoms. The second-order valence-corrected chi connectivity index (χ2v) is 6.36. The maximum absolute atomic E-state index is 12.9. The molecule has 1 fully saturated rings. The number of carbonyl (C=O) groups is 1. The molecule has 0 N–H and O–H groups in total. The van der Waals surface area contributed by atoms with E-state index in [2.05, 4.69) is 14.9 Å². The number of rotatable bonds is 3. The van der Waals surface area contributed by atoms with E-state index in [0.29, 0.717) is 37.3 Å². The van der Waals surface area contributed by atoms with Gasteiger partial charge in [-0.2, -0.15) is 0 Å². The van der Waals surface area contributed by atoms with Crippen LogP contribution in [0.5, 0.6) is 5.75 Å². The van der Waals surface area contributed by atoms with Crippen LogP contribution in [0.4, 0.5) is 5.69 Å². The first kappa shape index (κ1) is 16.7. The molecule has 1 aliphatic rings. The number of carbonyl (C=O) groups excluding carboxylic acids is 1. The number of amides is 1. The summed E-state index contributed by atoms with van der Waals surface area (Å²) in [4.78, 5) is 25.2. The third-order valence-electron chi connectivity index (χ3n) is 4.51. The minimum Gasteiger partial charge on any atom is -0.494 e. The Balaban J connectivity index is 1.51. The average Bonchev–Trinajstić information content (AvgIpc) is 3.07. The average molecular weight is 373 g/mol. The fraction of sp³-hybridized carbons (Fsp3) is 0.278. The number of nitrogens with zero attached hydrogens (tertiary/aromatic N) is 4. The van der Waals surface area contributed by atoms with Crippen LogP contribution in [0, 0.1) is 0 Å². The molecule has 0 bridgehead atoms. The lowest BCUT2D eigenvalue weighted by atomic mass is 10.2. The molecule has 4 rings (SSSR count). The second kappa shape index (κ2) is 6.84. The van der Waals surface area contributed by atoms with Gasteiger partial charge in [0.2, 0.25) is 0 Å². The van der Waals surface area contributed by atoms with Crippen molar-refractivity contribution in [2.45, 2.75) is 0 Å². The number of halogens is 1. The van der Waals surface area contributed by atoms with Crippen molar-refractivity contribution in [2.75, 3.05) is 38.2 Å². The maximum Gasteiger partial charge on any atom is 0.259 e. The summed E-state index contributed by atoms with van der Waals surface area (Å²) in [5, 5.41) is 0.968. The van der Waals surface area contributed by atoms with Gasteiger partial charge in [-0.05, 0) is 11.6 Å². The van der Waals surface area contributed by atoms with Gasteiger partial charge in [-0.1, -0.05) is 0 Å². The van der Waals surface area contributed by atoms with Crippen molar-refractivity contribution < 1.29 is 13.9 Å². The molecule has 0 saturated carbocycles. The van der Waals surface area contributed by atoms with E-state index in [1.165, 1.54) is 6.20 Å². The van der Waals surface area contributed by atoms with Crippen LogP contribution in [0.2, 0.25) is 5.22 Å². The molecule has 3 aromatic rings. The highest BCUT2D eigenvalue weighted by atomic mass is 35.5. The summed E-state index contributed by atoms with van der Waals surface area (Å²) in [5.41, 5.74) is 1.84. The molecular weight excluding hydrogens is 356 g/mol. The SMILES string of the molecule is COc1ccncc1N1CCN(C(=O)c2cncc3cc(Cl)oc23)CC1. The van der Waals surface area contributed by atoms with Crippen molar-refractivity contribution in [3.63, 3.8) is 0 Å². The van der Waals surface area contributed by atoms with E-state index in [1.807, 2.05) is 6.07 Å². The van der Waals surface area contributed by atoms with Crippen LogP contribution < -0.4 is 9.64 Å². The number of hydrogen-bond donors (Lipinski definition) is 0. The Bertz CT molecular complexity index is 951. The summed E-state index contributed by atoms with van der Waals surface area (Å²) in [6.07, 6.45) is 6.64. The lowest BCUT2D eigenvalue weighted by molar-refractivity contribution is 0.0747. The number of hydrogen-bond acceptors (Lipinski definition) is 6. The summed E-state index contributed by atoms with van der Waals surface area (Å²) in [5.74, 6) is 0.672. The van der Waals surface area contributed by atoms with E-state index in [0.717, 1.165) is 16.8 Å². The number of methoxy groups -OCH3 is 1. The van der Waals surface area contributed by atoms with Crippen LogP contribution >= 0.6 is 11.6 Å². The molecule has 1 saturated heterocycles. The predicted molar refractivity (Wildman–Crippen MR) is 97.9 cm³/mol. The van der Waals surface area contributed by atoms with Gasteiger partial charge in [0.1, 0.15) is 11.3 Å². The quantitative estimate of drug-likeness (QED) is 0.704. The highest BCUT2D eigenvalue weighted by molar-refractivity contribution is 6.30. The molecular formula is C18H17ClN4O3. The molecule has 3 aromatic heterocycles.